The molecule has 6 nitrogen and oxygen atoms in total. The molecule has 3 rings (SSSR count). The van der Waals surface area contributed by atoms with E-state index in [9.17, 15) is 14.7 Å². The summed E-state index contributed by atoms with van der Waals surface area (Å²) in [6.45, 7) is 3.95. The number of benzene rings is 2. The molecule has 2 amide bonds. The van der Waals surface area contributed by atoms with Crippen LogP contribution in [0.2, 0.25) is 0 Å². The third kappa shape index (κ3) is 3.39. The number of methoxy groups -OCH3 is 1. The second kappa shape index (κ2) is 7.86. The number of aryl methyl sites for hydroxylation is 2. The highest BCUT2D eigenvalue weighted by Crippen LogP contribution is 2.38. The highest BCUT2D eigenvalue weighted by molar-refractivity contribution is 6.45. The van der Waals surface area contributed by atoms with E-state index in [0.29, 0.717) is 17.0 Å². The Labute approximate surface area is 164 Å². The molecule has 0 aromatic heterocycles. The standard InChI is InChI=1S/C22H24N2O4/c1-14-11-15(2)13-16(12-14)24-21(26)19(17-7-5-6-8-18(17)28-4)20(22(24)27)23(3)9-10-25/h5-8,11-13,25H,9-10H2,1-4H3. The van der Waals surface area contributed by atoms with Crippen molar-refractivity contribution in [2.75, 3.05) is 32.2 Å². The molecule has 0 spiro atoms. The second-order valence-electron chi connectivity index (χ2n) is 6.86. The number of carbonyl (C=O) groups excluding carboxylic acids is 2. The topological polar surface area (TPSA) is 70.1 Å². The van der Waals surface area contributed by atoms with Crippen molar-refractivity contribution in [3.05, 3.63) is 64.9 Å². The Hall–Kier alpha value is -3.12. The first kappa shape index (κ1) is 19.6. The van der Waals surface area contributed by atoms with Gasteiger partial charge < -0.3 is 14.7 Å². The zero-order valence-corrected chi connectivity index (χ0v) is 16.5. The van der Waals surface area contributed by atoms with Crippen LogP contribution in [0.1, 0.15) is 16.7 Å². The van der Waals surface area contributed by atoms with Crippen molar-refractivity contribution in [2.45, 2.75) is 13.8 Å². The van der Waals surface area contributed by atoms with Gasteiger partial charge in [0.25, 0.3) is 11.8 Å². The van der Waals surface area contributed by atoms with Crippen LogP contribution in [0.3, 0.4) is 0 Å². The number of aliphatic hydroxyl groups is 1. The lowest BCUT2D eigenvalue weighted by Crippen LogP contribution is -2.35. The number of amides is 2. The number of aliphatic hydroxyl groups excluding tert-OH is 1. The summed E-state index contributed by atoms with van der Waals surface area (Å²) in [6, 6.07) is 12.7. The number of carbonyl (C=O) groups is 2. The molecular formula is C22H24N2O4. The summed E-state index contributed by atoms with van der Waals surface area (Å²) in [5, 5.41) is 9.36. The maximum Gasteiger partial charge on any atom is 0.282 e. The number of imide groups is 1. The molecule has 0 saturated carbocycles. The maximum absolute atomic E-state index is 13.4. The molecule has 1 aliphatic heterocycles. The lowest BCUT2D eigenvalue weighted by molar-refractivity contribution is -0.120. The first-order valence-corrected chi connectivity index (χ1v) is 9.05. The van der Waals surface area contributed by atoms with Crippen LogP contribution in [-0.4, -0.2) is 49.1 Å². The van der Waals surface area contributed by atoms with Crippen molar-refractivity contribution in [1.29, 1.82) is 0 Å². The molecule has 28 heavy (non-hydrogen) atoms. The number of hydrogen-bond acceptors (Lipinski definition) is 5. The molecule has 2 aromatic rings. The number of anilines is 1. The van der Waals surface area contributed by atoms with E-state index in [1.165, 1.54) is 12.0 Å². The molecule has 0 bridgehead atoms. The molecule has 6 heteroatoms. The number of para-hydroxylation sites is 1. The number of ether oxygens (including phenoxy) is 1. The summed E-state index contributed by atoms with van der Waals surface area (Å²) in [5.74, 6) is -0.304. The van der Waals surface area contributed by atoms with Crippen molar-refractivity contribution in [2.24, 2.45) is 0 Å². The summed E-state index contributed by atoms with van der Waals surface area (Å²) in [5.41, 5.74) is 3.54. The van der Waals surface area contributed by atoms with Crippen LogP contribution in [0.4, 0.5) is 5.69 Å². The highest BCUT2D eigenvalue weighted by atomic mass is 16.5. The minimum atomic E-state index is -0.410. The van der Waals surface area contributed by atoms with Crippen molar-refractivity contribution in [3.63, 3.8) is 0 Å². The molecule has 0 fully saturated rings. The van der Waals surface area contributed by atoms with Gasteiger partial charge in [-0.15, -0.1) is 0 Å². The zero-order valence-electron chi connectivity index (χ0n) is 16.5. The van der Waals surface area contributed by atoms with Crippen molar-refractivity contribution in [3.8, 4) is 5.75 Å². The van der Waals surface area contributed by atoms with Gasteiger partial charge in [0.05, 0.1) is 25.0 Å². The number of hydrogen-bond donors (Lipinski definition) is 1. The summed E-state index contributed by atoms with van der Waals surface area (Å²) in [6.07, 6.45) is 0. The van der Waals surface area contributed by atoms with Crippen LogP contribution < -0.4 is 9.64 Å². The fourth-order valence-electron chi connectivity index (χ4n) is 3.54. The van der Waals surface area contributed by atoms with Crippen LogP contribution >= 0.6 is 0 Å². The Balaban J connectivity index is 2.20. The smallest absolute Gasteiger partial charge is 0.282 e. The third-order valence-corrected chi connectivity index (χ3v) is 4.72. The third-order valence-electron chi connectivity index (χ3n) is 4.72. The van der Waals surface area contributed by atoms with E-state index >= 15 is 0 Å². The average molecular weight is 380 g/mol. The number of nitrogens with zero attached hydrogens (tertiary/aromatic N) is 2. The Morgan fingerprint density at radius 2 is 1.68 bits per heavy atom. The molecule has 2 aromatic carbocycles. The molecule has 1 N–H and O–H groups in total. The molecule has 0 atom stereocenters. The summed E-state index contributed by atoms with van der Waals surface area (Å²) in [7, 11) is 3.22. The second-order valence-corrected chi connectivity index (χ2v) is 6.86. The molecule has 0 saturated heterocycles. The summed E-state index contributed by atoms with van der Waals surface area (Å²) >= 11 is 0. The minimum absolute atomic E-state index is 0.135. The van der Waals surface area contributed by atoms with Crippen molar-refractivity contribution < 1.29 is 19.4 Å². The molecule has 0 radical (unpaired) electrons. The van der Waals surface area contributed by atoms with E-state index in [0.717, 1.165) is 11.1 Å². The lowest BCUT2D eigenvalue weighted by atomic mass is 10.0. The van der Waals surface area contributed by atoms with E-state index in [-0.39, 0.29) is 24.4 Å². The highest BCUT2D eigenvalue weighted by Gasteiger charge is 2.42. The Kier molecular flexibility index (Phi) is 5.51. The molecular weight excluding hydrogens is 356 g/mol. The molecule has 0 unspecified atom stereocenters. The van der Waals surface area contributed by atoms with E-state index in [2.05, 4.69) is 0 Å². The summed E-state index contributed by atoms with van der Waals surface area (Å²) < 4.78 is 5.42. The Morgan fingerprint density at radius 3 is 2.29 bits per heavy atom. The predicted octanol–water partition coefficient (Wildman–Crippen LogP) is 2.52. The van der Waals surface area contributed by atoms with Crippen LogP contribution in [0.25, 0.3) is 5.57 Å². The first-order chi connectivity index (χ1) is 13.4. The van der Waals surface area contributed by atoms with E-state index in [1.807, 2.05) is 38.1 Å². The van der Waals surface area contributed by atoms with Gasteiger partial charge in [-0.05, 0) is 43.2 Å². The molecule has 146 valence electrons. The molecule has 0 aliphatic carbocycles. The van der Waals surface area contributed by atoms with Gasteiger partial charge in [0.15, 0.2) is 0 Å². The van der Waals surface area contributed by atoms with Gasteiger partial charge >= 0.3 is 0 Å². The normalized spacial score (nSPS) is 14.1. The van der Waals surface area contributed by atoms with Gasteiger partial charge in [0.1, 0.15) is 11.4 Å². The monoisotopic (exact) mass is 380 g/mol. The molecule has 1 aliphatic rings. The largest absolute Gasteiger partial charge is 0.496 e. The lowest BCUT2D eigenvalue weighted by Gasteiger charge is -2.21. The Bertz CT molecular complexity index is 945. The fourth-order valence-corrected chi connectivity index (χ4v) is 3.54. The van der Waals surface area contributed by atoms with Crippen LogP contribution in [-0.2, 0) is 9.59 Å². The van der Waals surface area contributed by atoms with Gasteiger partial charge in [-0.25, -0.2) is 4.90 Å². The van der Waals surface area contributed by atoms with Gasteiger partial charge in [0.2, 0.25) is 0 Å². The van der Waals surface area contributed by atoms with E-state index < -0.39 is 11.8 Å². The fraction of sp³-hybridized carbons (Fsp3) is 0.273. The predicted molar refractivity (Wildman–Crippen MR) is 108 cm³/mol. The zero-order chi connectivity index (χ0) is 20.4. The van der Waals surface area contributed by atoms with Gasteiger partial charge in [-0.2, -0.15) is 0 Å². The van der Waals surface area contributed by atoms with Gasteiger partial charge in [-0.3, -0.25) is 9.59 Å². The minimum Gasteiger partial charge on any atom is -0.496 e. The van der Waals surface area contributed by atoms with E-state index in [4.69, 9.17) is 4.74 Å². The number of likely N-dealkylation sites (N-methyl/N-ethyl adjacent to an activating group) is 1. The van der Waals surface area contributed by atoms with Crippen LogP contribution in [0, 0.1) is 13.8 Å². The number of rotatable bonds is 6. The quantitative estimate of drug-likeness (QED) is 0.780. The maximum atomic E-state index is 13.4. The van der Waals surface area contributed by atoms with Crippen molar-refractivity contribution in [1.82, 2.24) is 4.90 Å². The summed E-state index contributed by atoms with van der Waals surface area (Å²) in [4.78, 5) is 29.6. The average Bonchev–Trinajstić information content (AvgIpc) is 2.91. The van der Waals surface area contributed by atoms with Gasteiger partial charge in [-0.1, -0.05) is 24.3 Å². The Morgan fingerprint density at radius 1 is 1.04 bits per heavy atom. The SMILES string of the molecule is COc1ccccc1C1=C(N(C)CCO)C(=O)N(c2cc(C)cc(C)c2)C1=O. The first-order valence-electron chi connectivity index (χ1n) is 9.05. The van der Waals surface area contributed by atoms with Crippen LogP contribution in [0.5, 0.6) is 5.75 Å². The van der Waals surface area contributed by atoms with Crippen molar-refractivity contribution >= 4 is 23.1 Å². The molecule has 1 heterocycles. The van der Waals surface area contributed by atoms with E-state index in [1.54, 1.807) is 30.1 Å². The van der Waals surface area contributed by atoms with Gasteiger partial charge in [0, 0.05) is 19.2 Å². The van der Waals surface area contributed by atoms with Crippen LogP contribution in [0.15, 0.2) is 48.2 Å².